The van der Waals surface area contributed by atoms with E-state index in [2.05, 4.69) is 20.5 Å². The van der Waals surface area contributed by atoms with Gasteiger partial charge in [0, 0.05) is 12.4 Å². The average molecular weight is 221 g/mol. The normalized spacial score (nSPS) is 9.87. The summed E-state index contributed by atoms with van der Waals surface area (Å²) in [6, 6.07) is 3.34. The number of hydrogen-bond acceptors (Lipinski definition) is 6. The second-order valence-electron chi connectivity index (χ2n) is 2.64. The van der Waals surface area contributed by atoms with E-state index in [1.165, 1.54) is 6.20 Å². The van der Waals surface area contributed by atoms with Crippen molar-refractivity contribution in [2.45, 2.75) is 0 Å². The Morgan fingerprint density at radius 1 is 1.47 bits per heavy atom. The zero-order valence-corrected chi connectivity index (χ0v) is 8.36. The summed E-state index contributed by atoms with van der Waals surface area (Å²) >= 11 is 1.11. The Bertz CT molecular complexity index is 469. The molecule has 0 unspecified atom stereocenters. The molecule has 0 aliphatic heterocycles. The number of nitrogens with one attached hydrogen (secondary N) is 1. The molecule has 0 aliphatic carbocycles. The molecule has 3 N–H and O–H groups in total. The van der Waals surface area contributed by atoms with E-state index < -0.39 is 0 Å². The molecule has 0 saturated carbocycles. The lowest BCUT2D eigenvalue weighted by Gasteiger charge is -1.98. The second-order valence-corrected chi connectivity index (χ2v) is 3.65. The summed E-state index contributed by atoms with van der Waals surface area (Å²) in [5.74, 6) is -0.278. The third kappa shape index (κ3) is 2.26. The Hall–Kier alpha value is -2.02. The maximum Gasteiger partial charge on any atom is 0.259 e. The number of pyridine rings is 1. The molecule has 0 radical (unpaired) electrons. The minimum atomic E-state index is -0.278. The van der Waals surface area contributed by atoms with Crippen LogP contribution in [0.5, 0.6) is 0 Å². The van der Waals surface area contributed by atoms with Crippen LogP contribution in [0.4, 0.5) is 10.3 Å². The first kappa shape index (κ1) is 9.53. The van der Waals surface area contributed by atoms with Crippen LogP contribution < -0.4 is 11.1 Å². The largest absolute Gasteiger partial charge is 0.374 e. The summed E-state index contributed by atoms with van der Waals surface area (Å²) in [7, 11) is 0. The smallest absolute Gasteiger partial charge is 0.259 e. The van der Waals surface area contributed by atoms with E-state index in [1.807, 2.05) is 0 Å². The molecule has 0 bridgehead atoms. The second kappa shape index (κ2) is 4.01. The van der Waals surface area contributed by atoms with Crippen molar-refractivity contribution in [1.82, 2.24) is 15.2 Å². The fourth-order valence-electron chi connectivity index (χ4n) is 0.951. The zero-order valence-electron chi connectivity index (χ0n) is 7.54. The van der Waals surface area contributed by atoms with Crippen molar-refractivity contribution in [1.29, 1.82) is 0 Å². The van der Waals surface area contributed by atoms with Gasteiger partial charge in [0.2, 0.25) is 10.3 Å². The van der Waals surface area contributed by atoms with Crippen molar-refractivity contribution < 1.29 is 4.79 Å². The van der Waals surface area contributed by atoms with E-state index in [0.717, 1.165) is 11.3 Å². The number of nitrogens with two attached hydrogens (primary N) is 1. The van der Waals surface area contributed by atoms with Crippen LogP contribution in [0.1, 0.15) is 10.4 Å². The highest BCUT2D eigenvalue weighted by Crippen LogP contribution is 2.16. The van der Waals surface area contributed by atoms with E-state index >= 15 is 0 Å². The maximum atomic E-state index is 11.6. The maximum absolute atomic E-state index is 11.6. The Kier molecular flexibility index (Phi) is 2.55. The first-order chi connectivity index (χ1) is 7.25. The van der Waals surface area contributed by atoms with Crippen molar-refractivity contribution in [3.05, 3.63) is 30.1 Å². The number of nitrogens with zero attached hydrogens (tertiary/aromatic N) is 3. The van der Waals surface area contributed by atoms with Crippen molar-refractivity contribution >= 4 is 27.5 Å². The monoisotopic (exact) mass is 221 g/mol. The van der Waals surface area contributed by atoms with Gasteiger partial charge in [0.25, 0.3) is 5.91 Å². The molecular weight excluding hydrogens is 214 g/mol. The number of carbonyl (C=O) groups is 1. The van der Waals surface area contributed by atoms with Crippen LogP contribution in [-0.2, 0) is 0 Å². The molecule has 0 aromatic carbocycles. The van der Waals surface area contributed by atoms with Gasteiger partial charge < -0.3 is 5.73 Å². The van der Waals surface area contributed by atoms with Crippen molar-refractivity contribution in [3.63, 3.8) is 0 Å². The van der Waals surface area contributed by atoms with Crippen molar-refractivity contribution in [2.75, 3.05) is 11.1 Å². The lowest BCUT2D eigenvalue weighted by molar-refractivity contribution is 0.102. The topological polar surface area (TPSA) is 93.8 Å². The van der Waals surface area contributed by atoms with Crippen LogP contribution in [0.25, 0.3) is 0 Å². The van der Waals surface area contributed by atoms with E-state index in [1.54, 1.807) is 18.3 Å². The van der Waals surface area contributed by atoms with Crippen LogP contribution in [0, 0.1) is 0 Å². The van der Waals surface area contributed by atoms with Gasteiger partial charge in [-0.2, -0.15) is 0 Å². The molecule has 0 fully saturated rings. The standard InChI is InChI=1S/C8H7N5OS/c9-7-12-13-8(15-7)11-6(14)5-2-1-3-10-4-5/h1-4H,(H2,9,12)(H,11,13,14). The molecule has 0 aliphatic rings. The van der Waals surface area contributed by atoms with Gasteiger partial charge in [0.05, 0.1) is 5.56 Å². The van der Waals surface area contributed by atoms with Gasteiger partial charge in [0.1, 0.15) is 0 Å². The van der Waals surface area contributed by atoms with Crippen molar-refractivity contribution in [3.8, 4) is 0 Å². The van der Waals surface area contributed by atoms with E-state index in [9.17, 15) is 4.79 Å². The highest BCUT2D eigenvalue weighted by atomic mass is 32.1. The predicted octanol–water partition coefficient (Wildman–Crippen LogP) is 0.768. The molecule has 2 heterocycles. The van der Waals surface area contributed by atoms with Crippen LogP contribution in [-0.4, -0.2) is 21.1 Å². The fourth-order valence-corrected chi connectivity index (χ4v) is 1.46. The van der Waals surface area contributed by atoms with E-state index in [-0.39, 0.29) is 5.91 Å². The minimum Gasteiger partial charge on any atom is -0.374 e. The molecule has 76 valence electrons. The summed E-state index contributed by atoms with van der Waals surface area (Å²) in [6.07, 6.45) is 3.07. The number of hydrogen-bond donors (Lipinski definition) is 2. The van der Waals surface area contributed by atoms with E-state index in [4.69, 9.17) is 5.73 Å². The molecule has 1 amide bonds. The number of rotatable bonds is 2. The average Bonchev–Trinajstić information content (AvgIpc) is 2.65. The quantitative estimate of drug-likeness (QED) is 0.781. The number of aromatic nitrogens is 3. The molecule has 7 heteroatoms. The first-order valence-electron chi connectivity index (χ1n) is 4.06. The summed E-state index contributed by atoms with van der Waals surface area (Å²) in [4.78, 5) is 15.4. The molecule has 0 spiro atoms. The van der Waals surface area contributed by atoms with Crippen LogP contribution in [0.15, 0.2) is 24.5 Å². The minimum absolute atomic E-state index is 0.278. The molecule has 2 rings (SSSR count). The molecule has 0 atom stereocenters. The predicted molar refractivity (Wildman–Crippen MR) is 56.5 cm³/mol. The van der Waals surface area contributed by atoms with Gasteiger partial charge in [-0.25, -0.2) is 0 Å². The molecule has 15 heavy (non-hydrogen) atoms. The van der Waals surface area contributed by atoms with Gasteiger partial charge in [-0.15, -0.1) is 10.2 Å². The molecule has 6 nitrogen and oxygen atoms in total. The SMILES string of the molecule is Nc1nnc(NC(=O)c2cccnc2)s1. The number of nitrogen functional groups attached to an aromatic ring is 1. The zero-order chi connectivity index (χ0) is 10.7. The van der Waals surface area contributed by atoms with Gasteiger partial charge in [-0.05, 0) is 12.1 Å². The number of carbonyl (C=O) groups excluding carboxylic acids is 1. The molecule has 2 aromatic heterocycles. The Balaban J connectivity index is 2.11. The number of anilines is 2. The summed E-state index contributed by atoms with van der Waals surface area (Å²) in [5.41, 5.74) is 5.84. The summed E-state index contributed by atoms with van der Waals surface area (Å²) < 4.78 is 0. The molecule has 2 aromatic rings. The van der Waals surface area contributed by atoms with Gasteiger partial charge in [-0.1, -0.05) is 11.3 Å². The Morgan fingerprint density at radius 3 is 2.93 bits per heavy atom. The summed E-state index contributed by atoms with van der Waals surface area (Å²) in [6.45, 7) is 0. The Labute approximate surface area is 89.2 Å². The highest BCUT2D eigenvalue weighted by molar-refractivity contribution is 7.19. The third-order valence-corrected chi connectivity index (χ3v) is 2.25. The van der Waals surface area contributed by atoms with Gasteiger partial charge in [0.15, 0.2) is 0 Å². The van der Waals surface area contributed by atoms with E-state index in [0.29, 0.717) is 15.8 Å². The Morgan fingerprint density at radius 2 is 2.33 bits per heavy atom. The lowest BCUT2D eigenvalue weighted by atomic mass is 10.3. The van der Waals surface area contributed by atoms with Gasteiger partial charge in [-0.3, -0.25) is 15.1 Å². The molecule has 0 saturated heterocycles. The van der Waals surface area contributed by atoms with Crippen LogP contribution >= 0.6 is 11.3 Å². The lowest BCUT2D eigenvalue weighted by Crippen LogP contribution is -2.11. The van der Waals surface area contributed by atoms with Crippen molar-refractivity contribution in [2.24, 2.45) is 0 Å². The molecular formula is C8H7N5OS. The summed E-state index contributed by atoms with van der Waals surface area (Å²) in [5, 5.41) is 10.5. The van der Waals surface area contributed by atoms with Crippen LogP contribution in [0.2, 0.25) is 0 Å². The van der Waals surface area contributed by atoms with Gasteiger partial charge >= 0.3 is 0 Å². The first-order valence-corrected chi connectivity index (χ1v) is 4.88. The number of amides is 1. The third-order valence-electron chi connectivity index (χ3n) is 1.58. The fraction of sp³-hybridized carbons (Fsp3) is 0. The van der Waals surface area contributed by atoms with Crippen LogP contribution in [0.3, 0.4) is 0 Å². The highest BCUT2D eigenvalue weighted by Gasteiger charge is 2.08.